The molecule has 134 valence electrons. The molecule has 0 bridgehead atoms. The van der Waals surface area contributed by atoms with Crippen molar-refractivity contribution in [1.29, 1.82) is 0 Å². The van der Waals surface area contributed by atoms with Gasteiger partial charge in [0.1, 0.15) is 0 Å². The van der Waals surface area contributed by atoms with E-state index in [1.807, 2.05) is 28.3 Å². The van der Waals surface area contributed by atoms with E-state index in [0.29, 0.717) is 12.1 Å². The Kier molecular flexibility index (Phi) is 4.23. The van der Waals surface area contributed by atoms with Crippen LogP contribution < -0.4 is 0 Å². The molecule has 0 N–H and O–H groups in total. The Morgan fingerprint density at radius 2 is 2.08 bits per heavy atom. The topological polar surface area (TPSA) is 38.9 Å². The number of rotatable bonds is 7. The highest BCUT2D eigenvalue weighted by molar-refractivity contribution is 7.71. The fraction of sp³-hybridized carbons (Fsp3) is 0.421. The van der Waals surface area contributed by atoms with Crippen molar-refractivity contribution >= 4 is 23.6 Å². The summed E-state index contributed by atoms with van der Waals surface area (Å²) < 4.78 is 5.09. The predicted octanol–water partition coefficient (Wildman–Crippen LogP) is 4.49. The summed E-state index contributed by atoms with van der Waals surface area (Å²) in [6.07, 6.45) is 8.61. The molecule has 2 saturated carbocycles. The van der Waals surface area contributed by atoms with Gasteiger partial charge in [-0.25, -0.2) is 4.68 Å². The Labute approximate surface area is 161 Å². The average molecular weight is 384 g/mol. The first-order chi connectivity index (χ1) is 12.8. The fourth-order valence-electron chi connectivity index (χ4n) is 3.38. The molecule has 0 atom stereocenters. The van der Waals surface area contributed by atoms with Crippen LogP contribution in [0.2, 0.25) is 0 Å². The van der Waals surface area contributed by atoms with Gasteiger partial charge >= 0.3 is 0 Å². The maximum atomic E-state index is 5.82. The quantitative estimate of drug-likeness (QED) is 0.563. The van der Waals surface area contributed by atoms with Crippen LogP contribution in [0, 0.1) is 4.77 Å². The lowest BCUT2D eigenvalue weighted by molar-refractivity contribution is 0.188. The van der Waals surface area contributed by atoms with Crippen molar-refractivity contribution in [2.75, 3.05) is 0 Å². The van der Waals surface area contributed by atoms with E-state index in [-0.39, 0.29) is 0 Å². The van der Waals surface area contributed by atoms with Crippen LogP contribution in [0.4, 0.5) is 0 Å². The zero-order valence-electron chi connectivity index (χ0n) is 14.5. The largest absolute Gasteiger partial charge is 0.297 e. The van der Waals surface area contributed by atoms with Gasteiger partial charge in [-0.2, -0.15) is 5.10 Å². The van der Waals surface area contributed by atoms with Gasteiger partial charge in [-0.15, -0.1) is 11.3 Å². The Balaban J connectivity index is 1.47. The van der Waals surface area contributed by atoms with Crippen LogP contribution in [0.3, 0.4) is 0 Å². The molecule has 0 radical (unpaired) electrons. The SMILES string of the molecule is S=c1n(CN(Cc2cccs2)C2CC2)nc(-c2cccnc2)n1C1CC1. The van der Waals surface area contributed by atoms with Gasteiger partial charge in [0.15, 0.2) is 10.6 Å². The molecule has 3 heterocycles. The minimum Gasteiger partial charge on any atom is -0.297 e. The van der Waals surface area contributed by atoms with Crippen LogP contribution in [0.25, 0.3) is 11.4 Å². The molecule has 0 aliphatic heterocycles. The van der Waals surface area contributed by atoms with Crippen molar-refractivity contribution in [3.05, 3.63) is 51.7 Å². The highest BCUT2D eigenvalue weighted by Gasteiger charge is 2.32. The molecule has 2 aliphatic carbocycles. The third-order valence-corrected chi connectivity index (χ3v) is 6.29. The van der Waals surface area contributed by atoms with Crippen LogP contribution in [-0.2, 0) is 13.2 Å². The first-order valence-corrected chi connectivity index (χ1v) is 10.4. The van der Waals surface area contributed by atoms with E-state index < -0.39 is 0 Å². The number of pyridine rings is 1. The number of hydrogen-bond donors (Lipinski definition) is 0. The predicted molar refractivity (Wildman–Crippen MR) is 105 cm³/mol. The molecule has 5 rings (SSSR count). The molecule has 0 amide bonds. The van der Waals surface area contributed by atoms with E-state index in [0.717, 1.165) is 29.4 Å². The van der Waals surface area contributed by atoms with Gasteiger partial charge < -0.3 is 0 Å². The smallest absolute Gasteiger partial charge is 0.199 e. The molecular weight excluding hydrogens is 362 g/mol. The Morgan fingerprint density at radius 1 is 1.19 bits per heavy atom. The first-order valence-electron chi connectivity index (χ1n) is 9.16. The molecule has 0 aromatic carbocycles. The molecular formula is C19H21N5S2. The van der Waals surface area contributed by atoms with Crippen molar-refractivity contribution in [1.82, 2.24) is 24.2 Å². The van der Waals surface area contributed by atoms with E-state index in [9.17, 15) is 0 Å². The van der Waals surface area contributed by atoms with Gasteiger partial charge in [0.25, 0.3) is 0 Å². The number of thiophene rings is 1. The first kappa shape index (κ1) is 16.4. The number of aromatic nitrogens is 4. The molecule has 0 spiro atoms. The summed E-state index contributed by atoms with van der Waals surface area (Å²) in [6, 6.07) is 9.52. The Bertz CT molecular complexity index is 936. The van der Waals surface area contributed by atoms with Gasteiger partial charge in [-0.3, -0.25) is 14.5 Å². The van der Waals surface area contributed by atoms with Crippen LogP contribution >= 0.6 is 23.6 Å². The van der Waals surface area contributed by atoms with E-state index in [1.54, 1.807) is 6.20 Å². The second kappa shape index (κ2) is 6.72. The molecule has 2 aliphatic rings. The van der Waals surface area contributed by atoms with Crippen molar-refractivity contribution in [3.8, 4) is 11.4 Å². The summed E-state index contributed by atoms with van der Waals surface area (Å²) in [7, 11) is 0. The van der Waals surface area contributed by atoms with Gasteiger partial charge in [0.05, 0.1) is 6.67 Å². The molecule has 3 aromatic heterocycles. The van der Waals surface area contributed by atoms with Crippen molar-refractivity contribution in [2.24, 2.45) is 0 Å². The summed E-state index contributed by atoms with van der Waals surface area (Å²) >= 11 is 7.64. The van der Waals surface area contributed by atoms with Crippen LogP contribution in [0.5, 0.6) is 0 Å². The standard InChI is InChI=1S/C19H21N5S2/c25-19-23(13-22(15-5-6-15)12-17-4-2-10-26-17)21-18(24(19)16-7-8-16)14-3-1-9-20-11-14/h1-4,9-11,15-16H,5-8,12-13H2. The Hall–Kier alpha value is -1.83. The summed E-state index contributed by atoms with van der Waals surface area (Å²) in [5, 5.41) is 7.06. The summed E-state index contributed by atoms with van der Waals surface area (Å²) in [5.41, 5.74) is 1.04. The Morgan fingerprint density at radius 3 is 2.73 bits per heavy atom. The molecule has 3 aromatic rings. The van der Waals surface area contributed by atoms with Crippen LogP contribution in [0.1, 0.15) is 36.6 Å². The lowest BCUT2D eigenvalue weighted by atomic mass is 10.3. The number of nitrogens with zero attached hydrogens (tertiary/aromatic N) is 5. The highest BCUT2D eigenvalue weighted by atomic mass is 32.1. The van der Waals surface area contributed by atoms with Gasteiger partial charge in [-0.05, 0) is 61.5 Å². The lowest BCUT2D eigenvalue weighted by Gasteiger charge is -2.20. The van der Waals surface area contributed by atoms with Crippen LogP contribution in [0.15, 0.2) is 42.0 Å². The number of hydrogen-bond acceptors (Lipinski definition) is 5. The van der Waals surface area contributed by atoms with Crippen molar-refractivity contribution in [2.45, 2.75) is 51.0 Å². The minimum atomic E-state index is 0.498. The molecule has 5 nitrogen and oxygen atoms in total. The second-order valence-electron chi connectivity index (χ2n) is 7.15. The van der Waals surface area contributed by atoms with E-state index in [2.05, 4.69) is 38.0 Å². The summed E-state index contributed by atoms with van der Waals surface area (Å²) in [6.45, 7) is 1.73. The molecule has 0 unspecified atom stereocenters. The molecule has 2 fully saturated rings. The zero-order chi connectivity index (χ0) is 17.5. The monoisotopic (exact) mass is 383 g/mol. The van der Waals surface area contributed by atoms with E-state index in [4.69, 9.17) is 17.3 Å². The summed E-state index contributed by atoms with van der Waals surface area (Å²) in [4.78, 5) is 8.18. The van der Waals surface area contributed by atoms with E-state index in [1.165, 1.54) is 30.6 Å². The normalized spacial score (nSPS) is 17.1. The van der Waals surface area contributed by atoms with Gasteiger partial charge in [0.2, 0.25) is 0 Å². The average Bonchev–Trinajstić information content (AvgIpc) is 3.60. The highest BCUT2D eigenvalue weighted by Crippen LogP contribution is 2.38. The summed E-state index contributed by atoms with van der Waals surface area (Å²) in [5.74, 6) is 0.956. The minimum absolute atomic E-state index is 0.498. The third kappa shape index (κ3) is 3.26. The molecule has 7 heteroatoms. The van der Waals surface area contributed by atoms with Gasteiger partial charge in [0, 0.05) is 41.5 Å². The fourth-order valence-corrected chi connectivity index (χ4v) is 4.44. The zero-order valence-corrected chi connectivity index (χ0v) is 16.1. The van der Waals surface area contributed by atoms with E-state index >= 15 is 0 Å². The molecule has 0 saturated heterocycles. The lowest BCUT2D eigenvalue weighted by Crippen LogP contribution is -2.28. The molecule has 26 heavy (non-hydrogen) atoms. The third-order valence-electron chi connectivity index (χ3n) is 5.02. The van der Waals surface area contributed by atoms with Crippen molar-refractivity contribution < 1.29 is 0 Å². The maximum absolute atomic E-state index is 5.82. The van der Waals surface area contributed by atoms with Gasteiger partial charge in [-0.1, -0.05) is 6.07 Å². The van der Waals surface area contributed by atoms with Crippen molar-refractivity contribution in [3.63, 3.8) is 0 Å². The maximum Gasteiger partial charge on any atom is 0.199 e. The van der Waals surface area contributed by atoms with Crippen LogP contribution in [-0.4, -0.2) is 30.3 Å². The second-order valence-corrected chi connectivity index (χ2v) is 8.54.